The van der Waals surface area contributed by atoms with Crippen LogP contribution >= 0.6 is 11.6 Å². The van der Waals surface area contributed by atoms with Gasteiger partial charge in [-0.1, -0.05) is 60.7 Å². The first-order chi connectivity index (χ1) is 14.2. The number of hydrogen-bond donors (Lipinski definition) is 1. The summed E-state index contributed by atoms with van der Waals surface area (Å²) in [5, 5.41) is 9.77. The number of alkyl halides is 1. The summed E-state index contributed by atoms with van der Waals surface area (Å²) in [5.74, 6) is 1.61. The van der Waals surface area contributed by atoms with E-state index in [1.54, 1.807) is 30.5 Å². The number of aldehydes is 1. The lowest BCUT2D eigenvalue weighted by molar-refractivity contribution is 0.110. The van der Waals surface area contributed by atoms with Crippen molar-refractivity contribution in [2.75, 3.05) is 0 Å². The molecule has 4 nitrogen and oxygen atoms in total. The summed E-state index contributed by atoms with van der Waals surface area (Å²) in [6, 6.07) is 26.7. The number of halogens is 1. The number of aliphatic hydroxyl groups is 1. The lowest BCUT2D eigenvalue weighted by Gasteiger charge is -2.06. The van der Waals surface area contributed by atoms with Gasteiger partial charge in [0.25, 0.3) is 0 Å². The maximum absolute atomic E-state index is 9.77. The molecule has 5 heteroatoms. The molecular formula is C24H23ClO4. The quantitative estimate of drug-likeness (QED) is 0.320. The molecule has 4 rings (SSSR count). The third-order valence-electron chi connectivity index (χ3n) is 3.80. The van der Waals surface area contributed by atoms with Gasteiger partial charge in [0, 0.05) is 12.3 Å². The molecule has 1 unspecified atom stereocenters. The van der Waals surface area contributed by atoms with Crippen molar-refractivity contribution in [1.82, 2.24) is 0 Å². The minimum atomic E-state index is -0.549. The van der Waals surface area contributed by atoms with Gasteiger partial charge in [-0.3, -0.25) is 4.79 Å². The minimum absolute atomic E-state index is 0.375. The fourth-order valence-corrected chi connectivity index (χ4v) is 2.52. The van der Waals surface area contributed by atoms with Crippen LogP contribution in [-0.2, 0) is 12.3 Å². The van der Waals surface area contributed by atoms with Crippen LogP contribution in [0.4, 0.5) is 0 Å². The van der Waals surface area contributed by atoms with Gasteiger partial charge in [0.2, 0.25) is 0 Å². The highest BCUT2D eigenvalue weighted by Crippen LogP contribution is 2.18. The molecule has 150 valence electrons. The van der Waals surface area contributed by atoms with E-state index in [-0.39, 0.29) is 0 Å². The van der Waals surface area contributed by atoms with Gasteiger partial charge in [-0.05, 0) is 35.4 Å². The smallest absolute Gasteiger partial charge is 0.185 e. The Morgan fingerprint density at radius 2 is 1.38 bits per heavy atom. The van der Waals surface area contributed by atoms with E-state index >= 15 is 0 Å². The average molecular weight is 411 g/mol. The Kier molecular flexibility index (Phi) is 10.1. The van der Waals surface area contributed by atoms with E-state index in [0.29, 0.717) is 30.1 Å². The van der Waals surface area contributed by atoms with Crippen LogP contribution in [0.25, 0.3) is 0 Å². The van der Waals surface area contributed by atoms with E-state index in [9.17, 15) is 9.90 Å². The molecule has 1 N–H and O–H groups in total. The number of furan rings is 2. The van der Waals surface area contributed by atoms with Crippen LogP contribution in [0.2, 0.25) is 0 Å². The summed E-state index contributed by atoms with van der Waals surface area (Å²) in [6.45, 7) is 0. The molecule has 0 aliphatic rings. The molecule has 2 aromatic carbocycles. The van der Waals surface area contributed by atoms with Gasteiger partial charge in [0.15, 0.2) is 12.0 Å². The van der Waals surface area contributed by atoms with Gasteiger partial charge < -0.3 is 13.9 Å². The Bertz CT molecular complexity index is 889. The highest BCUT2D eigenvalue weighted by atomic mass is 35.5. The van der Waals surface area contributed by atoms with Crippen LogP contribution in [0.1, 0.15) is 33.5 Å². The summed E-state index contributed by atoms with van der Waals surface area (Å²) >= 11 is 5.53. The van der Waals surface area contributed by atoms with Crippen molar-refractivity contribution in [3.8, 4) is 0 Å². The topological polar surface area (TPSA) is 63.6 Å². The van der Waals surface area contributed by atoms with Crippen LogP contribution in [0.5, 0.6) is 0 Å². The van der Waals surface area contributed by atoms with Gasteiger partial charge >= 0.3 is 0 Å². The van der Waals surface area contributed by atoms with Gasteiger partial charge in [-0.25, -0.2) is 0 Å². The summed E-state index contributed by atoms with van der Waals surface area (Å²) in [7, 11) is 0. The summed E-state index contributed by atoms with van der Waals surface area (Å²) in [4.78, 5) is 9.77. The molecule has 0 spiro atoms. The Morgan fingerprint density at radius 1 is 0.793 bits per heavy atom. The van der Waals surface area contributed by atoms with Crippen LogP contribution < -0.4 is 0 Å². The zero-order chi connectivity index (χ0) is 20.7. The van der Waals surface area contributed by atoms with Gasteiger partial charge in [0.05, 0.1) is 12.5 Å². The molecule has 0 bridgehead atoms. The monoisotopic (exact) mass is 410 g/mol. The third-order valence-corrected chi connectivity index (χ3v) is 4.11. The highest BCUT2D eigenvalue weighted by Gasteiger charge is 2.10. The Labute approximate surface area is 175 Å². The second kappa shape index (κ2) is 13.2. The lowest BCUT2D eigenvalue weighted by Crippen LogP contribution is -1.99. The number of benzene rings is 2. The molecule has 0 saturated heterocycles. The predicted molar refractivity (Wildman–Crippen MR) is 114 cm³/mol. The molecule has 2 aromatic heterocycles. The van der Waals surface area contributed by atoms with E-state index in [0.717, 1.165) is 5.56 Å². The van der Waals surface area contributed by atoms with Crippen LogP contribution in [-0.4, -0.2) is 11.4 Å². The zero-order valence-electron chi connectivity index (χ0n) is 15.9. The zero-order valence-corrected chi connectivity index (χ0v) is 16.6. The van der Waals surface area contributed by atoms with Crippen molar-refractivity contribution >= 4 is 17.9 Å². The van der Waals surface area contributed by atoms with Crippen molar-refractivity contribution < 1.29 is 18.7 Å². The fraction of sp³-hybridized carbons (Fsp3) is 0.125. The molecule has 4 aromatic rings. The molecule has 0 amide bonds. The van der Waals surface area contributed by atoms with E-state index < -0.39 is 6.10 Å². The van der Waals surface area contributed by atoms with Gasteiger partial charge in [0.1, 0.15) is 11.9 Å². The Balaban J connectivity index is 0.000000170. The van der Waals surface area contributed by atoms with Gasteiger partial charge in [-0.15, -0.1) is 11.6 Å². The molecule has 0 aliphatic carbocycles. The highest BCUT2D eigenvalue weighted by molar-refractivity contribution is 6.17. The largest absolute Gasteiger partial charge is 0.467 e. The Hall–Kier alpha value is -3.08. The molecule has 2 heterocycles. The first-order valence-electron chi connectivity index (χ1n) is 9.07. The summed E-state index contributed by atoms with van der Waals surface area (Å²) in [6.07, 6.45) is 3.74. The lowest BCUT2D eigenvalue weighted by atomic mass is 10.1. The van der Waals surface area contributed by atoms with Crippen molar-refractivity contribution in [3.63, 3.8) is 0 Å². The normalized spacial score (nSPS) is 10.7. The second-order valence-electron chi connectivity index (χ2n) is 5.97. The first-order valence-corrected chi connectivity index (χ1v) is 9.60. The standard InChI is InChI=1S/C12H12O2.C7H7Cl.C5H4O2/c13-11(12-7-4-8-14-12)9-10-5-2-1-3-6-10;8-6-7-4-2-1-3-5-7;6-4-5-2-1-3-7-5/h1-8,11,13H,9H2;1-5H,6H2;1-4H. The summed E-state index contributed by atoms with van der Waals surface area (Å²) in [5.41, 5.74) is 2.28. The van der Waals surface area contributed by atoms with Crippen LogP contribution in [0.3, 0.4) is 0 Å². The van der Waals surface area contributed by atoms with E-state index in [1.165, 1.54) is 11.8 Å². The van der Waals surface area contributed by atoms with E-state index in [2.05, 4.69) is 4.42 Å². The second-order valence-corrected chi connectivity index (χ2v) is 6.24. The average Bonchev–Trinajstić information content (AvgIpc) is 3.50. The number of carbonyl (C=O) groups excluding carboxylic acids is 1. The molecule has 1 atom stereocenters. The van der Waals surface area contributed by atoms with Crippen molar-refractivity contribution in [3.05, 3.63) is 120 Å². The Morgan fingerprint density at radius 3 is 1.79 bits per heavy atom. The third kappa shape index (κ3) is 8.64. The predicted octanol–water partition coefficient (Wildman–Crippen LogP) is 6.07. The first kappa shape index (κ1) is 22.2. The molecule has 0 aliphatic heterocycles. The van der Waals surface area contributed by atoms with Crippen LogP contribution in [0.15, 0.2) is 106 Å². The number of carbonyl (C=O) groups is 1. The number of rotatable bonds is 5. The number of aliphatic hydroxyl groups excluding tert-OH is 1. The van der Waals surface area contributed by atoms with E-state index in [1.807, 2.05) is 60.7 Å². The molecule has 0 saturated carbocycles. The van der Waals surface area contributed by atoms with Crippen molar-refractivity contribution in [1.29, 1.82) is 0 Å². The SMILES string of the molecule is ClCc1ccccc1.O=Cc1ccco1.OC(Cc1ccccc1)c1ccco1. The van der Waals surface area contributed by atoms with Gasteiger partial charge in [-0.2, -0.15) is 0 Å². The number of hydrogen-bond acceptors (Lipinski definition) is 4. The van der Waals surface area contributed by atoms with Crippen molar-refractivity contribution in [2.45, 2.75) is 18.4 Å². The minimum Gasteiger partial charge on any atom is -0.467 e. The molecular weight excluding hydrogens is 388 g/mol. The molecule has 29 heavy (non-hydrogen) atoms. The molecule has 0 fully saturated rings. The van der Waals surface area contributed by atoms with Crippen LogP contribution in [0, 0.1) is 0 Å². The maximum atomic E-state index is 9.77. The van der Waals surface area contributed by atoms with Crippen molar-refractivity contribution in [2.24, 2.45) is 0 Å². The maximum Gasteiger partial charge on any atom is 0.185 e. The van der Waals surface area contributed by atoms with E-state index in [4.69, 9.17) is 16.0 Å². The fourth-order valence-electron chi connectivity index (χ4n) is 2.34. The molecule has 0 radical (unpaired) electrons. The summed E-state index contributed by atoms with van der Waals surface area (Å²) < 4.78 is 9.73.